The number of phenols is 1. The van der Waals surface area contributed by atoms with Crippen molar-refractivity contribution in [3.05, 3.63) is 58.4 Å². The maximum atomic E-state index is 11.9. The SMILES string of the molecule is Cc1cccc(CNC(=O)c2cc(Cl)ccc2O)n1. The molecular formula is C14H13ClN2O2. The molecule has 1 amide bonds. The van der Waals surface area contributed by atoms with E-state index in [9.17, 15) is 9.90 Å². The van der Waals surface area contributed by atoms with Crippen LogP contribution < -0.4 is 5.32 Å². The second-order valence-corrected chi connectivity index (χ2v) is 4.55. The summed E-state index contributed by atoms with van der Waals surface area (Å²) < 4.78 is 0. The molecule has 0 aliphatic rings. The molecule has 1 aromatic heterocycles. The Morgan fingerprint density at radius 1 is 1.37 bits per heavy atom. The van der Waals surface area contributed by atoms with Crippen LogP contribution in [0.5, 0.6) is 5.75 Å². The van der Waals surface area contributed by atoms with Crippen LogP contribution in [0, 0.1) is 6.92 Å². The average molecular weight is 277 g/mol. The van der Waals surface area contributed by atoms with Gasteiger partial charge in [0.05, 0.1) is 17.8 Å². The zero-order valence-corrected chi connectivity index (χ0v) is 11.1. The highest BCUT2D eigenvalue weighted by Crippen LogP contribution is 2.21. The molecule has 0 aliphatic heterocycles. The molecule has 0 unspecified atom stereocenters. The van der Waals surface area contributed by atoms with Crippen LogP contribution in [0.4, 0.5) is 0 Å². The van der Waals surface area contributed by atoms with Crippen molar-refractivity contribution in [2.45, 2.75) is 13.5 Å². The van der Waals surface area contributed by atoms with Crippen molar-refractivity contribution in [2.24, 2.45) is 0 Å². The van der Waals surface area contributed by atoms with E-state index in [1.165, 1.54) is 18.2 Å². The summed E-state index contributed by atoms with van der Waals surface area (Å²) in [6.45, 7) is 2.18. The average Bonchev–Trinajstić information content (AvgIpc) is 2.39. The quantitative estimate of drug-likeness (QED) is 0.906. The topological polar surface area (TPSA) is 62.2 Å². The molecule has 0 radical (unpaired) electrons. The summed E-state index contributed by atoms with van der Waals surface area (Å²) >= 11 is 5.80. The monoisotopic (exact) mass is 276 g/mol. The third kappa shape index (κ3) is 3.45. The second-order valence-electron chi connectivity index (χ2n) is 4.11. The summed E-state index contributed by atoms with van der Waals surface area (Å²) in [5.74, 6) is -0.484. The van der Waals surface area contributed by atoms with Gasteiger partial charge in [0, 0.05) is 10.7 Å². The van der Waals surface area contributed by atoms with E-state index in [0.29, 0.717) is 11.6 Å². The molecule has 1 heterocycles. The number of amides is 1. The first-order valence-electron chi connectivity index (χ1n) is 5.75. The molecule has 0 saturated heterocycles. The number of aromatic nitrogens is 1. The van der Waals surface area contributed by atoms with Gasteiger partial charge in [-0.15, -0.1) is 0 Å². The van der Waals surface area contributed by atoms with Crippen LogP contribution in [0.1, 0.15) is 21.7 Å². The Morgan fingerprint density at radius 3 is 2.89 bits per heavy atom. The standard InChI is InChI=1S/C14H13ClN2O2/c1-9-3-2-4-11(17-9)8-16-14(19)12-7-10(15)5-6-13(12)18/h2-7,18H,8H2,1H3,(H,16,19). The molecule has 19 heavy (non-hydrogen) atoms. The molecule has 0 spiro atoms. The summed E-state index contributed by atoms with van der Waals surface area (Å²) in [5, 5.41) is 12.7. The first kappa shape index (κ1) is 13.4. The molecule has 0 atom stereocenters. The van der Waals surface area contributed by atoms with Gasteiger partial charge < -0.3 is 10.4 Å². The van der Waals surface area contributed by atoms with Crippen LogP contribution in [0.2, 0.25) is 5.02 Å². The number of phenolic OH excluding ortho intramolecular Hbond substituents is 1. The van der Waals surface area contributed by atoms with Crippen molar-refractivity contribution in [2.75, 3.05) is 0 Å². The molecule has 0 saturated carbocycles. The highest BCUT2D eigenvalue weighted by atomic mass is 35.5. The van der Waals surface area contributed by atoms with Crippen molar-refractivity contribution in [1.82, 2.24) is 10.3 Å². The Hall–Kier alpha value is -2.07. The van der Waals surface area contributed by atoms with Crippen molar-refractivity contribution in [3.8, 4) is 5.75 Å². The predicted molar refractivity (Wildman–Crippen MR) is 73.3 cm³/mol. The van der Waals surface area contributed by atoms with E-state index in [-0.39, 0.29) is 17.2 Å². The largest absolute Gasteiger partial charge is 0.507 e. The highest BCUT2D eigenvalue weighted by molar-refractivity contribution is 6.31. The van der Waals surface area contributed by atoms with E-state index >= 15 is 0 Å². The maximum absolute atomic E-state index is 11.9. The van der Waals surface area contributed by atoms with Crippen LogP contribution in [0.15, 0.2) is 36.4 Å². The Morgan fingerprint density at radius 2 is 2.16 bits per heavy atom. The molecule has 0 fully saturated rings. The smallest absolute Gasteiger partial charge is 0.255 e. The number of hydrogen-bond acceptors (Lipinski definition) is 3. The van der Waals surface area contributed by atoms with Gasteiger partial charge in [-0.05, 0) is 37.3 Å². The number of pyridine rings is 1. The molecule has 1 aromatic carbocycles. The number of nitrogens with one attached hydrogen (secondary N) is 1. The van der Waals surface area contributed by atoms with E-state index in [0.717, 1.165) is 11.4 Å². The van der Waals surface area contributed by atoms with E-state index in [2.05, 4.69) is 10.3 Å². The fourth-order valence-corrected chi connectivity index (χ4v) is 1.83. The molecular weight excluding hydrogens is 264 g/mol. The molecule has 0 aliphatic carbocycles. The number of nitrogens with zero attached hydrogens (tertiary/aromatic N) is 1. The van der Waals surface area contributed by atoms with Crippen molar-refractivity contribution >= 4 is 17.5 Å². The number of rotatable bonds is 3. The number of hydrogen-bond donors (Lipinski definition) is 2. The summed E-state index contributed by atoms with van der Waals surface area (Å²) in [4.78, 5) is 16.2. The molecule has 2 N–H and O–H groups in total. The van der Waals surface area contributed by atoms with Crippen molar-refractivity contribution < 1.29 is 9.90 Å². The Balaban J connectivity index is 2.07. The van der Waals surface area contributed by atoms with Crippen LogP contribution in [-0.2, 0) is 6.54 Å². The highest BCUT2D eigenvalue weighted by Gasteiger charge is 2.11. The molecule has 2 rings (SSSR count). The first-order chi connectivity index (χ1) is 9.06. The van der Waals surface area contributed by atoms with Gasteiger partial charge in [-0.3, -0.25) is 9.78 Å². The van der Waals surface area contributed by atoms with Crippen LogP contribution in [-0.4, -0.2) is 16.0 Å². The van der Waals surface area contributed by atoms with Crippen LogP contribution in [0.25, 0.3) is 0 Å². The minimum Gasteiger partial charge on any atom is -0.507 e. The third-order valence-electron chi connectivity index (χ3n) is 2.58. The summed E-state index contributed by atoms with van der Waals surface area (Å²) in [6.07, 6.45) is 0. The molecule has 2 aromatic rings. The summed E-state index contributed by atoms with van der Waals surface area (Å²) in [5.41, 5.74) is 1.80. The molecule has 0 bridgehead atoms. The van der Waals surface area contributed by atoms with Crippen LogP contribution in [0.3, 0.4) is 0 Å². The van der Waals surface area contributed by atoms with Crippen LogP contribution >= 0.6 is 11.6 Å². The van der Waals surface area contributed by atoms with Crippen molar-refractivity contribution in [3.63, 3.8) is 0 Å². The van der Waals surface area contributed by atoms with Gasteiger partial charge in [0.1, 0.15) is 5.75 Å². The van der Waals surface area contributed by atoms with Crippen molar-refractivity contribution in [1.29, 1.82) is 0 Å². The van der Waals surface area contributed by atoms with Gasteiger partial charge in [0.2, 0.25) is 0 Å². The Kier molecular flexibility index (Phi) is 4.02. The number of carbonyl (C=O) groups excluding carboxylic acids is 1. The molecule has 98 valence electrons. The minimum absolute atomic E-state index is 0.0981. The van der Waals surface area contributed by atoms with Gasteiger partial charge >= 0.3 is 0 Å². The number of aryl methyl sites for hydroxylation is 1. The minimum atomic E-state index is -0.386. The maximum Gasteiger partial charge on any atom is 0.255 e. The third-order valence-corrected chi connectivity index (χ3v) is 2.81. The lowest BCUT2D eigenvalue weighted by Gasteiger charge is -2.07. The molecule has 4 nitrogen and oxygen atoms in total. The van der Waals surface area contributed by atoms with E-state index in [4.69, 9.17) is 11.6 Å². The predicted octanol–water partition coefficient (Wildman–Crippen LogP) is 2.68. The van der Waals surface area contributed by atoms with Gasteiger partial charge in [-0.1, -0.05) is 17.7 Å². The fraction of sp³-hybridized carbons (Fsp3) is 0.143. The lowest BCUT2D eigenvalue weighted by Crippen LogP contribution is -2.23. The summed E-state index contributed by atoms with van der Waals surface area (Å²) in [7, 11) is 0. The van der Waals surface area contributed by atoms with Gasteiger partial charge in [-0.2, -0.15) is 0 Å². The second kappa shape index (κ2) is 5.71. The zero-order chi connectivity index (χ0) is 13.8. The summed E-state index contributed by atoms with van der Waals surface area (Å²) in [6, 6.07) is 9.92. The molecule has 5 heteroatoms. The first-order valence-corrected chi connectivity index (χ1v) is 6.13. The van der Waals surface area contributed by atoms with E-state index < -0.39 is 0 Å². The van der Waals surface area contributed by atoms with Gasteiger partial charge in [0.25, 0.3) is 5.91 Å². The fourth-order valence-electron chi connectivity index (χ4n) is 1.65. The number of carbonyl (C=O) groups is 1. The van der Waals surface area contributed by atoms with E-state index in [1.807, 2.05) is 25.1 Å². The Labute approximate surface area is 116 Å². The number of aromatic hydroxyl groups is 1. The van der Waals surface area contributed by atoms with Gasteiger partial charge in [-0.25, -0.2) is 0 Å². The zero-order valence-electron chi connectivity index (χ0n) is 10.4. The number of halogens is 1. The normalized spacial score (nSPS) is 10.2. The lowest BCUT2D eigenvalue weighted by molar-refractivity contribution is 0.0947. The Bertz CT molecular complexity index is 614. The number of benzene rings is 1. The lowest BCUT2D eigenvalue weighted by atomic mass is 10.2. The van der Waals surface area contributed by atoms with Gasteiger partial charge in [0.15, 0.2) is 0 Å². The van der Waals surface area contributed by atoms with E-state index in [1.54, 1.807) is 0 Å².